The van der Waals surface area contributed by atoms with E-state index in [2.05, 4.69) is 198 Å². The van der Waals surface area contributed by atoms with Crippen LogP contribution in [0.1, 0.15) is 0 Å². The van der Waals surface area contributed by atoms with Gasteiger partial charge < -0.3 is 47.9 Å². The minimum Gasteiger partial charge on any atom is -0.498 e. The Balaban J connectivity index is 0.000000204. The van der Waals surface area contributed by atoms with Crippen LogP contribution in [-0.2, 0) is 14.2 Å². The summed E-state index contributed by atoms with van der Waals surface area (Å²) in [4.78, 5) is 6.60. The highest BCUT2D eigenvalue weighted by atomic mass is 16.5. The molecule has 438 valence electrons. The van der Waals surface area contributed by atoms with Gasteiger partial charge in [0.25, 0.3) is 0 Å². The molecule has 0 saturated carbocycles. The highest BCUT2D eigenvalue weighted by molar-refractivity contribution is 5.82. The highest BCUT2D eigenvalue weighted by Gasteiger charge is 2.18. The van der Waals surface area contributed by atoms with Gasteiger partial charge in [-0.3, -0.25) is 0 Å². The zero-order valence-corrected chi connectivity index (χ0v) is 49.0. The van der Waals surface area contributed by atoms with Crippen LogP contribution in [0, 0.1) is 0 Å². The molecule has 10 nitrogen and oxygen atoms in total. The maximum Gasteiger partial charge on any atom is 0.129 e. The predicted octanol–water partition coefficient (Wildman–Crippen LogP) is 20.5. The van der Waals surface area contributed by atoms with Gasteiger partial charge >= 0.3 is 0 Å². The summed E-state index contributed by atoms with van der Waals surface area (Å²) < 4.78 is 39.9. The molecule has 0 heterocycles. The van der Waals surface area contributed by atoms with E-state index in [0.717, 1.165) is 68.4 Å². The van der Waals surface area contributed by atoms with Gasteiger partial charge in [0.05, 0.1) is 18.8 Å². The second-order valence-corrected chi connectivity index (χ2v) is 19.7. The average molecular weight is 1160 g/mol. The van der Waals surface area contributed by atoms with Gasteiger partial charge in [-0.25, -0.2) is 0 Å². The van der Waals surface area contributed by atoms with Crippen molar-refractivity contribution in [1.29, 1.82) is 0 Å². The molecule has 10 heteroatoms. The number of nitrogens with zero attached hydrogens (tertiary/aromatic N) is 3. The zero-order chi connectivity index (χ0) is 60.4. The predicted molar refractivity (Wildman–Crippen MR) is 359 cm³/mol. The molecule has 0 aliphatic rings. The summed E-state index contributed by atoms with van der Waals surface area (Å²) in [5, 5.41) is 0. The molecule has 0 unspecified atom stereocenters. The fraction of sp³-hybridized carbons (Fsp3) is 0.0769. The third-order valence-corrected chi connectivity index (χ3v) is 13.9. The van der Waals surface area contributed by atoms with Crippen LogP contribution in [0.5, 0.6) is 28.7 Å². The van der Waals surface area contributed by atoms with Gasteiger partial charge in [0.1, 0.15) is 68.4 Å². The smallest absolute Gasteiger partial charge is 0.129 e. The summed E-state index contributed by atoms with van der Waals surface area (Å²) in [6.45, 7) is 13.3. The maximum absolute atomic E-state index is 6.44. The molecule has 11 rings (SSSR count). The van der Waals surface area contributed by atoms with Crippen molar-refractivity contribution in [3.8, 4) is 51.0 Å². The lowest BCUT2D eigenvalue weighted by Crippen LogP contribution is -2.11. The highest BCUT2D eigenvalue weighted by Crippen LogP contribution is 2.42. The van der Waals surface area contributed by atoms with Gasteiger partial charge in [-0.2, -0.15) is 0 Å². The molecule has 0 aliphatic carbocycles. The monoisotopic (exact) mass is 1160 g/mol. The van der Waals surface area contributed by atoms with Crippen LogP contribution in [0.25, 0.3) is 22.3 Å². The fourth-order valence-corrected chi connectivity index (χ4v) is 9.86. The van der Waals surface area contributed by atoms with E-state index in [1.807, 2.05) is 127 Å². The molecule has 11 aromatic carbocycles. The van der Waals surface area contributed by atoms with Gasteiger partial charge in [-0.15, -0.1) is 0 Å². The number of anilines is 9. The number of para-hydroxylation sites is 2. The van der Waals surface area contributed by atoms with Crippen LogP contribution >= 0.6 is 0 Å². The van der Waals surface area contributed by atoms with Crippen molar-refractivity contribution in [2.45, 2.75) is 0 Å². The first kappa shape index (κ1) is 59.8. The van der Waals surface area contributed by atoms with Crippen LogP contribution in [0.15, 0.2) is 330 Å². The lowest BCUT2D eigenvalue weighted by Gasteiger charge is -2.26. The Bertz CT molecular complexity index is 3820. The third-order valence-electron chi connectivity index (χ3n) is 13.9. The summed E-state index contributed by atoms with van der Waals surface area (Å²) in [6, 6.07) is 98.9. The molecule has 88 heavy (non-hydrogen) atoms. The molecular weight excluding hydrogens is 1090 g/mol. The summed E-state index contributed by atoms with van der Waals surface area (Å²) in [5.41, 5.74) is 13.8. The summed E-state index contributed by atoms with van der Waals surface area (Å²) in [6.07, 6.45) is 4.26. The van der Waals surface area contributed by atoms with E-state index < -0.39 is 0 Å². The SMILES string of the molecule is C=COCCOc1cccc(N(c2ccc(-c3ccccc3)cc2)c2ccc(-c3ccccc3)cc2)c1.C=COCCOc1cccc(N(c2ccccc2)c2ccc(Oc3cccc(N(c4ccccc4)c4cccc(OCCOC=C)c4)c3)cc2)c1. The molecule has 0 saturated heterocycles. The average Bonchev–Trinajstić information content (AvgIpc) is 2.09. The van der Waals surface area contributed by atoms with E-state index in [4.69, 9.17) is 33.2 Å². The number of hydrogen-bond donors (Lipinski definition) is 0. The van der Waals surface area contributed by atoms with Crippen LogP contribution < -0.4 is 33.6 Å². The third kappa shape index (κ3) is 16.5. The molecule has 0 atom stereocenters. The number of hydrogen-bond acceptors (Lipinski definition) is 10. The molecule has 0 fully saturated rings. The minimum atomic E-state index is 0.416. The van der Waals surface area contributed by atoms with E-state index in [9.17, 15) is 0 Å². The molecule has 0 aliphatic heterocycles. The van der Waals surface area contributed by atoms with Crippen LogP contribution in [0.2, 0.25) is 0 Å². The Morgan fingerprint density at radius 2 is 0.489 bits per heavy atom. The standard InChI is InChI=1S/C44H40N2O5.C34H29NO2/c1-3-47-28-30-49-42-21-11-18-38(32-42)45(35-14-7-5-8-15-35)37-24-26-41(27-25-37)51-44-23-13-20-40(34-44)46(36-16-9-6-10-17-36)39-19-12-22-43(33-39)50-31-29-48-4-2;1-2-36-24-25-37-34-15-9-14-33(26-34)35(31-20-16-29(17-21-31)27-10-5-3-6-11-27)32-22-18-30(19-23-32)28-12-7-4-8-13-28/h3-27,32-34H,1-2,28-31H2;2-23,26H,1,24-25H2. The molecule has 0 spiro atoms. The van der Waals surface area contributed by atoms with Crippen molar-refractivity contribution < 1.29 is 33.2 Å². The first-order valence-corrected chi connectivity index (χ1v) is 29.1. The van der Waals surface area contributed by atoms with Gasteiger partial charge in [-0.1, -0.05) is 165 Å². The molecule has 0 N–H and O–H groups in total. The van der Waals surface area contributed by atoms with Crippen molar-refractivity contribution in [3.05, 3.63) is 330 Å². The molecule has 0 amide bonds. The Labute approximate surface area is 516 Å². The quantitative estimate of drug-likeness (QED) is 0.0350. The topological polar surface area (TPSA) is 74.3 Å². The second kappa shape index (κ2) is 31.5. The Kier molecular flexibility index (Phi) is 21.4. The van der Waals surface area contributed by atoms with E-state index in [1.165, 1.54) is 41.0 Å². The molecule has 0 bridgehead atoms. The van der Waals surface area contributed by atoms with Gasteiger partial charge in [0.15, 0.2) is 0 Å². The van der Waals surface area contributed by atoms with E-state index in [0.29, 0.717) is 51.1 Å². The van der Waals surface area contributed by atoms with Crippen molar-refractivity contribution in [3.63, 3.8) is 0 Å². The van der Waals surface area contributed by atoms with Crippen molar-refractivity contribution in [2.24, 2.45) is 0 Å². The van der Waals surface area contributed by atoms with Crippen LogP contribution in [0.3, 0.4) is 0 Å². The Hall–Kier alpha value is -11.4. The largest absolute Gasteiger partial charge is 0.498 e. The summed E-state index contributed by atoms with van der Waals surface area (Å²) in [7, 11) is 0. The van der Waals surface area contributed by atoms with Gasteiger partial charge in [0.2, 0.25) is 0 Å². The lowest BCUT2D eigenvalue weighted by molar-refractivity contribution is 0.179. The molecule has 0 radical (unpaired) electrons. The Morgan fingerprint density at radius 1 is 0.227 bits per heavy atom. The minimum absolute atomic E-state index is 0.416. The lowest BCUT2D eigenvalue weighted by atomic mass is 10.0. The van der Waals surface area contributed by atoms with Crippen molar-refractivity contribution >= 4 is 51.2 Å². The van der Waals surface area contributed by atoms with Gasteiger partial charge in [-0.05, 0) is 144 Å². The van der Waals surface area contributed by atoms with E-state index in [-0.39, 0.29) is 0 Å². The molecular formula is C78H69N3O7. The first-order valence-electron chi connectivity index (χ1n) is 29.1. The zero-order valence-electron chi connectivity index (χ0n) is 49.0. The molecule has 0 aromatic heterocycles. The second-order valence-electron chi connectivity index (χ2n) is 19.7. The van der Waals surface area contributed by atoms with E-state index >= 15 is 0 Å². The normalized spacial score (nSPS) is 10.5. The van der Waals surface area contributed by atoms with Crippen LogP contribution in [-0.4, -0.2) is 39.6 Å². The number of ether oxygens (including phenoxy) is 7. The number of rotatable bonds is 28. The summed E-state index contributed by atoms with van der Waals surface area (Å²) in [5.74, 6) is 3.71. The maximum atomic E-state index is 6.44. The summed E-state index contributed by atoms with van der Waals surface area (Å²) >= 11 is 0. The fourth-order valence-electron chi connectivity index (χ4n) is 9.86. The Morgan fingerprint density at radius 3 is 0.830 bits per heavy atom. The number of benzene rings is 11. The molecule has 11 aromatic rings. The first-order chi connectivity index (χ1) is 43.5. The van der Waals surface area contributed by atoms with Crippen molar-refractivity contribution in [2.75, 3.05) is 54.3 Å². The van der Waals surface area contributed by atoms with E-state index in [1.54, 1.807) is 0 Å². The van der Waals surface area contributed by atoms with Crippen molar-refractivity contribution in [1.82, 2.24) is 0 Å². The van der Waals surface area contributed by atoms with Gasteiger partial charge in [0, 0.05) is 75.5 Å². The van der Waals surface area contributed by atoms with Crippen LogP contribution in [0.4, 0.5) is 51.2 Å².